The molecule has 21 heavy (non-hydrogen) atoms. The molecule has 0 aliphatic heterocycles. The van der Waals surface area contributed by atoms with Crippen LogP contribution < -0.4 is 16.8 Å². The fourth-order valence-corrected chi connectivity index (χ4v) is 1.78. The Morgan fingerprint density at radius 3 is 2.33 bits per heavy atom. The number of hydrogen-bond donors (Lipinski definition) is 4. The summed E-state index contributed by atoms with van der Waals surface area (Å²) < 4.78 is 0. The minimum absolute atomic E-state index is 0.0610. The Kier molecular flexibility index (Phi) is 6.35. The van der Waals surface area contributed by atoms with Gasteiger partial charge in [-0.2, -0.15) is 0 Å². The van der Waals surface area contributed by atoms with Crippen LogP contribution in [0.15, 0.2) is 30.3 Å². The fourth-order valence-electron chi connectivity index (χ4n) is 1.78. The second-order valence-corrected chi connectivity index (χ2v) is 4.70. The van der Waals surface area contributed by atoms with Gasteiger partial charge in [0.15, 0.2) is 0 Å². The minimum Gasteiger partial charge on any atom is -0.480 e. The second kappa shape index (κ2) is 8.01. The summed E-state index contributed by atoms with van der Waals surface area (Å²) >= 11 is 0. The molecule has 0 spiro atoms. The van der Waals surface area contributed by atoms with Crippen LogP contribution in [0.2, 0.25) is 0 Å². The van der Waals surface area contributed by atoms with Crippen LogP contribution in [0, 0.1) is 0 Å². The van der Waals surface area contributed by atoms with Crippen LogP contribution in [-0.2, 0) is 20.8 Å². The average Bonchev–Trinajstić information content (AvgIpc) is 2.43. The van der Waals surface area contributed by atoms with E-state index < -0.39 is 29.9 Å². The number of benzene rings is 1. The Balaban J connectivity index is 2.56. The van der Waals surface area contributed by atoms with Gasteiger partial charge in [0.25, 0.3) is 0 Å². The van der Waals surface area contributed by atoms with Crippen molar-refractivity contribution in [3.63, 3.8) is 0 Å². The molecule has 0 heterocycles. The zero-order valence-electron chi connectivity index (χ0n) is 11.5. The van der Waals surface area contributed by atoms with Gasteiger partial charge in [-0.15, -0.1) is 0 Å². The van der Waals surface area contributed by atoms with Crippen LogP contribution in [0.3, 0.4) is 0 Å². The molecule has 6 N–H and O–H groups in total. The van der Waals surface area contributed by atoms with Gasteiger partial charge in [0, 0.05) is 6.42 Å². The van der Waals surface area contributed by atoms with E-state index in [-0.39, 0.29) is 12.8 Å². The highest BCUT2D eigenvalue weighted by atomic mass is 16.4. The third-order valence-corrected chi connectivity index (χ3v) is 2.93. The van der Waals surface area contributed by atoms with Crippen LogP contribution in [0.5, 0.6) is 0 Å². The van der Waals surface area contributed by atoms with Gasteiger partial charge in [0.1, 0.15) is 6.04 Å². The Hall–Kier alpha value is -2.41. The molecule has 0 saturated heterocycles. The molecular weight excluding hydrogens is 274 g/mol. The first-order chi connectivity index (χ1) is 9.90. The lowest BCUT2D eigenvalue weighted by Crippen LogP contribution is -2.49. The summed E-state index contributed by atoms with van der Waals surface area (Å²) in [4.78, 5) is 33.6. The quantitative estimate of drug-likeness (QED) is 0.507. The maximum absolute atomic E-state index is 11.9. The monoisotopic (exact) mass is 293 g/mol. The van der Waals surface area contributed by atoms with Crippen molar-refractivity contribution in [1.29, 1.82) is 0 Å². The number of nitrogens with two attached hydrogens (primary N) is 2. The SMILES string of the molecule is NC(=O)CC[C@H](NC(=O)[C@H](N)Cc1ccccc1)C(=O)O. The molecule has 0 unspecified atom stereocenters. The first kappa shape index (κ1) is 16.6. The first-order valence-electron chi connectivity index (χ1n) is 6.51. The number of carbonyl (C=O) groups excluding carboxylic acids is 2. The topological polar surface area (TPSA) is 136 Å². The van der Waals surface area contributed by atoms with Crippen LogP contribution in [0.4, 0.5) is 0 Å². The lowest BCUT2D eigenvalue weighted by atomic mass is 10.1. The molecule has 1 rings (SSSR count). The average molecular weight is 293 g/mol. The number of carboxylic acid groups (broad SMARTS) is 1. The van der Waals surface area contributed by atoms with Gasteiger partial charge >= 0.3 is 5.97 Å². The van der Waals surface area contributed by atoms with Gasteiger partial charge in [-0.05, 0) is 18.4 Å². The summed E-state index contributed by atoms with van der Waals surface area (Å²) in [7, 11) is 0. The van der Waals surface area contributed by atoms with Crippen molar-refractivity contribution in [3.05, 3.63) is 35.9 Å². The predicted molar refractivity (Wildman–Crippen MR) is 76.1 cm³/mol. The first-order valence-corrected chi connectivity index (χ1v) is 6.51. The molecule has 0 fully saturated rings. The van der Waals surface area contributed by atoms with Crippen molar-refractivity contribution in [2.45, 2.75) is 31.3 Å². The molecule has 114 valence electrons. The maximum Gasteiger partial charge on any atom is 0.326 e. The van der Waals surface area contributed by atoms with Crippen molar-refractivity contribution in [1.82, 2.24) is 5.32 Å². The summed E-state index contributed by atoms with van der Waals surface area (Å²) in [5.74, 6) is -2.42. The summed E-state index contributed by atoms with van der Waals surface area (Å²) in [5.41, 5.74) is 11.6. The molecule has 1 aromatic carbocycles. The number of carbonyl (C=O) groups is 3. The molecule has 7 nitrogen and oxygen atoms in total. The lowest BCUT2D eigenvalue weighted by molar-refractivity contribution is -0.142. The smallest absolute Gasteiger partial charge is 0.326 e. The number of aliphatic carboxylic acids is 1. The van der Waals surface area contributed by atoms with E-state index in [1.807, 2.05) is 30.3 Å². The van der Waals surface area contributed by atoms with Crippen molar-refractivity contribution < 1.29 is 19.5 Å². The van der Waals surface area contributed by atoms with Gasteiger partial charge < -0.3 is 21.9 Å². The fraction of sp³-hybridized carbons (Fsp3) is 0.357. The third-order valence-electron chi connectivity index (χ3n) is 2.93. The highest BCUT2D eigenvalue weighted by Gasteiger charge is 2.23. The molecule has 0 aromatic heterocycles. The van der Waals surface area contributed by atoms with E-state index >= 15 is 0 Å². The summed E-state index contributed by atoms with van der Waals surface area (Å²) in [6.45, 7) is 0. The normalized spacial score (nSPS) is 13.2. The Bertz CT molecular complexity index is 504. The van der Waals surface area contributed by atoms with E-state index in [1.54, 1.807) is 0 Å². The molecule has 1 aromatic rings. The molecule has 0 aliphatic carbocycles. The minimum atomic E-state index is -1.23. The number of hydrogen-bond acceptors (Lipinski definition) is 4. The van der Waals surface area contributed by atoms with Crippen LogP contribution in [0.25, 0.3) is 0 Å². The largest absolute Gasteiger partial charge is 0.480 e. The highest BCUT2D eigenvalue weighted by Crippen LogP contribution is 2.03. The van der Waals surface area contributed by atoms with E-state index in [2.05, 4.69) is 5.32 Å². The summed E-state index contributed by atoms with van der Waals surface area (Å²) in [6, 6.07) is 7.12. The van der Waals surface area contributed by atoms with Crippen LogP contribution in [-0.4, -0.2) is 35.0 Å². The zero-order valence-corrected chi connectivity index (χ0v) is 11.5. The van der Waals surface area contributed by atoms with E-state index in [4.69, 9.17) is 16.6 Å². The number of nitrogens with one attached hydrogen (secondary N) is 1. The van der Waals surface area contributed by atoms with Gasteiger partial charge in [-0.1, -0.05) is 30.3 Å². The van der Waals surface area contributed by atoms with E-state index in [1.165, 1.54) is 0 Å². The van der Waals surface area contributed by atoms with Crippen molar-refractivity contribution in [2.75, 3.05) is 0 Å². The molecule has 0 saturated carbocycles. The van der Waals surface area contributed by atoms with Gasteiger partial charge in [-0.25, -0.2) is 4.79 Å². The van der Waals surface area contributed by atoms with Crippen molar-refractivity contribution >= 4 is 17.8 Å². The number of primary amides is 1. The summed E-state index contributed by atoms with van der Waals surface area (Å²) in [6.07, 6.45) is 0.120. The van der Waals surface area contributed by atoms with E-state index in [9.17, 15) is 14.4 Å². The maximum atomic E-state index is 11.9. The van der Waals surface area contributed by atoms with Crippen molar-refractivity contribution in [3.8, 4) is 0 Å². The van der Waals surface area contributed by atoms with Gasteiger partial charge in [0.05, 0.1) is 6.04 Å². The molecule has 0 aliphatic rings. The molecule has 7 heteroatoms. The van der Waals surface area contributed by atoms with E-state index in [0.29, 0.717) is 6.42 Å². The molecule has 0 bridgehead atoms. The highest BCUT2D eigenvalue weighted by molar-refractivity contribution is 5.87. The van der Waals surface area contributed by atoms with Gasteiger partial charge in [-0.3, -0.25) is 9.59 Å². The standard InChI is InChI=1S/C14H19N3O4/c15-10(8-9-4-2-1-3-5-9)13(19)17-11(14(20)21)6-7-12(16)18/h1-5,10-11H,6-8,15H2,(H2,16,18)(H,17,19)(H,20,21)/t10-,11+/m1/s1. The molecule has 2 atom stereocenters. The van der Waals surface area contributed by atoms with E-state index in [0.717, 1.165) is 5.56 Å². The molecular formula is C14H19N3O4. The molecule has 2 amide bonds. The number of amides is 2. The Labute approximate surface area is 122 Å². The van der Waals surface area contributed by atoms with Crippen LogP contribution >= 0.6 is 0 Å². The van der Waals surface area contributed by atoms with Crippen molar-refractivity contribution in [2.24, 2.45) is 11.5 Å². The number of rotatable bonds is 8. The Morgan fingerprint density at radius 1 is 1.19 bits per heavy atom. The summed E-state index contributed by atoms with van der Waals surface area (Å²) in [5, 5.41) is 11.3. The third kappa shape index (κ3) is 6.05. The predicted octanol–water partition coefficient (Wildman–Crippen LogP) is -0.609. The van der Waals surface area contributed by atoms with Crippen LogP contribution in [0.1, 0.15) is 18.4 Å². The van der Waals surface area contributed by atoms with Gasteiger partial charge in [0.2, 0.25) is 11.8 Å². The zero-order chi connectivity index (χ0) is 15.8. The second-order valence-electron chi connectivity index (χ2n) is 4.70. The lowest BCUT2D eigenvalue weighted by Gasteiger charge is -2.17. The molecule has 0 radical (unpaired) electrons. The Morgan fingerprint density at radius 2 is 1.81 bits per heavy atom. The number of carboxylic acids is 1.